The third-order valence-electron chi connectivity index (χ3n) is 10.8. The molecule has 0 radical (unpaired) electrons. The number of carbonyl (C=O) groups excluding carboxylic acids is 2. The van der Waals surface area contributed by atoms with Gasteiger partial charge in [-0.05, 0) is 38.5 Å². The monoisotopic (exact) mass is 815 g/mol. The number of carbonyl (C=O) groups is 2. The SMILES string of the molecule is CCCCCCCC/C=C\CCCCCCCCCCCC(=O)OC(COC(=O)CCCCCCCCCCCCCCCCCCCC)COP(=O)(O)OC. The first-order valence-corrected chi connectivity index (χ1v) is 25.4. The molecule has 8 nitrogen and oxygen atoms in total. The van der Waals surface area contributed by atoms with E-state index >= 15 is 0 Å². The van der Waals surface area contributed by atoms with Crippen molar-refractivity contribution in [2.75, 3.05) is 20.3 Å². The smallest absolute Gasteiger partial charge is 0.462 e. The summed E-state index contributed by atoms with van der Waals surface area (Å²) in [5.41, 5.74) is 0. The van der Waals surface area contributed by atoms with Crippen molar-refractivity contribution in [3.05, 3.63) is 12.2 Å². The zero-order valence-electron chi connectivity index (χ0n) is 37.1. The molecular formula is C47H91O8P. The molecule has 2 unspecified atom stereocenters. The fourth-order valence-electron chi connectivity index (χ4n) is 7.07. The van der Waals surface area contributed by atoms with E-state index in [1.165, 1.54) is 186 Å². The molecule has 0 heterocycles. The van der Waals surface area contributed by atoms with Crippen molar-refractivity contribution in [3.63, 3.8) is 0 Å². The van der Waals surface area contributed by atoms with Gasteiger partial charge in [-0.1, -0.05) is 212 Å². The van der Waals surface area contributed by atoms with Crippen LogP contribution in [-0.4, -0.2) is 43.3 Å². The average Bonchev–Trinajstić information content (AvgIpc) is 3.19. The van der Waals surface area contributed by atoms with Gasteiger partial charge in [0.05, 0.1) is 6.61 Å². The quantitative estimate of drug-likeness (QED) is 0.0280. The second-order valence-corrected chi connectivity index (χ2v) is 17.8. The Morgan fingerprint density at radius 2 is 0.804 bits per heavy atom. The molecule has 0 amide bonds. The summed E-state index contributed by atoms with van der Waals surface area (Å²) in [6, 6.07) is 0. The maximum absolute atomic E-state index is 12.5. The number of phosphoric ester groups is 1. The Labute approximate surface area is 346 Å². The standard InChI is InChI=1S/C47H91O8P/c1-4-6-8-10-12-14-16-18-20-22-24-26-28-30-32-34-36-38-40-42-47(49)55-45(44-54-56(50,51)52-3)43-53-46(48)41-39-37-35-33-31-29-27-25-23-21-19-17-15-13-11-9-7-5-2/h18,20,45H,4-17,19,21-44H2,1-3H3,(H,50,51)/b20-18-. The highest BCUT2D eigenvalue weighted by Gasteiger charge is 2.24. The number of hydrogen-bond donors (Lipinski definition) is 1. The van der Waals surface area contributed by atoms with Crippen LogP contribution in [0.25, 0.3) is 0 Å². The van der Waals surface area contributed by atoms with E-state index in [-0.39, 0.29) is 19.0 Å². The van der Waals surface area contributed by atoms with Crippen LogP contribution in [-0.2, 0) is 32.7 Å². The molecule has 0 saturated carbocycles. The Kier molecular flexibility index (Phi) is 42.4. The van der Waals surface area contributed by atoms with Crippen LogP contribution in [0.15, 0.2) is 12.2 Å². The molecule has 0 bridgehead atoms. The lowest BCUT2D eigenvalue weighted by molar-refractivity contribution is -0.161. The number of unbranched alkanes of at least 4 members (excludes halogenated alkanes) is 32. The third kappa shape index (κ3) is 42.4. The van der Waals surface area contributed by atoms with Crippen LogP contribution in [0, 0.1) is 0 Å². The predicted molar refractivity (Wildman–Crippen MR) is 235 cm³/mol. The van der Waals surface area contributed by atoms with E-state index in [2.05, 4.69) is 30.5 Å². The molecule has 2 atom stereocenters. The summed E-state index contributed by atoms with van der Waals surface area (Å²) in [5, 5.41) is 0. The molecule has 0 aliphatic heterocycles. The van der Waals surface area contributed by atoms with E-state index in [4.69, 9.17) is 14.0 Å². The van der Waals surface area contributed by atoms with Crippen LogP contribution in [0.3, 0.4) is 0 Å². The first-order valence-electron chi connectivity index (χ1n) is 23.9. The lowest BCUT2D eigenvalue weighted by Crippen LogP contribution is -2.29. The van der Waals surface area contributed by atoms with Crippen LogP contribution in [0.4, 0.5) is 0 Å². The first-order chi connectivity index (χ1) is 27.3. The predicted octanol–water partition coefficient (Wildman–Crippen LogP) is 15.2. The van der Waals surface area contributed by atoms with Gasteiger partial charge in [-0.2, -0.15) is 0 Å². The van der Waals surface area contributed by atoms with Gasteiger partial charge in [0.25, 0.3) is 0 Å². The van der Waals surface area contributed by atoms with Crippen LogP contribution in [0.1, 0.15) is 251 Å². The van der Waals surface area contributed by atoms with Crippen LogP contribution in [0.2, 0.25) is 0 Å². The van der Waals surface area contributed by atoms with E-state index in [0.717, 1.165) is 39.2 Å². The van der Waals surface area contributed by atoms with Crippen molar-refractivity contribution in [1.29, 1.82) is 0 Å². The number of phosphoric acid groups is 1. The minimum atomic E-state index is -4.26. The van der Waals surface area contributed by atoms with Gasteiger partial charge in [0.1, 0.15) is 6.61 Å². The zero-order chi connectivity index (χ0) is 41.1. The van der Waals surface area contributed by atoms with Crippen molar-refractivity contribution < 1.29 is 37.6 Å². The van der Waals surface area contributed by atoms with E-state index in [1.807, 2.05) is 0 Å². The summed E-state index contributed by atoms with van der Waals surface area (Å²) in [6.07, 6.45) is 48.4. The minimum Gasteiger partial charge on any atom is -0.462 e. The van der Waals surface area contributed by atoms with Gasteiger partial charge in [-0.3, -0.25) is 18.6 Å². The van der Waals surface area contributed by atoms with Crippen molar-refractivity contribution in [1.82, 2.24) is 0 Å². The molecule has 9 heteroatoms. The summed E-state index contributed by atoms with van der Waals surface area (Å²) in [5.74, 6) is -0.790. The Bertz CT molecular complexity index is 926. The Morgan fingerprint density at radius 3 is 1.16 bits per heavy atom. The highest BCUT2D eigenvalue weighted by molar-refractivity contribution is 7.47. The Hall–Kier alpha value is -1.21. The largest absolute Gasteiger partial charge is 0.472 e. The third-order valence-corrected chi connectivity index (χ3v) is 11.7. The summed E-state index contributed by atoms with van der Waals surface area (Å²) >= 11 is 0. The summed E-state index contributed by atoms with van der Waals surface area (Å²) in [4.78, 5) is 34.6. The fourth-order valence-corrected chi connectivity index (χ4v) is 7.53. The number of rotatable bonds is 45. The summed E-state index contributed by atoms with van der Waals surface area (Å²) < 4.78 is 32.1. The van der Waals surface area contributed by atoms with Gasteiger partial charge in [-0.15, -0.1) is 0 Å². The van der Waals surface area contributed by atoms with Gasteiger partial charge < -0.3 is 14.4 Å². The minimum absolute atomic E-state index is 0.219. The van der Waals surface area contributed by atoms with Crippen LogP contribution >= 0.6 is 7.82 Å². The van der Waals surface area contributed by atoms with Gasteiger partial charge in [0, 0.05) is 20.0 Å². The van der Waals surface area contributed by atoms with Gasteiger partial charge >= 0.3 is 19.8 Å². The Balaban J connectivity index is 3.90. The number of ether oxygens (including phenoxy) is 2. The molecule has 0 fully saturated rings. The molecule has 1 N–H and O–H groups in total. The molecule has 56 heavy (non-hydrogen) atoms. The maximum Gasteiger partial charge on any atom is 0.472 e. The molecule has 0 rings (SSSR count). The van der Waals surface area contributed by atoms with Crippen molar-refractivity contribution in [2.24, 2.45) is 0 Å². The maximum atomic E-state index is 12.5. The highest BCUT2D eigenvalue weighted by Crippen LogP contribution is 2.42. The normalized spacial score (nSPS) is 13.3. The topological polar surface area (TPSA) is 108 Å². The fraction of sp³-hybridized carbons (Fsp3) is 0.915. The first kappa shape index (κ1) is 54.8. The zero-order valence-corrected chi connectivity index (χ0v) is 38.0. The molecule has 0 saturated heterocycles. The molecule has 0 spiro atoms. The number of esters is 2. The summed E-state index contributed by atoms with van der Waals surface area (Å²) in [7, 11) is -3.19. The molecule has 332 valence electrons. The van der Waals surface area contributed by atoms with E-state index < -0.39 is 26.5 Å². The number of hydrogen-bond acceptors (Lipinski definition) is 7. The van der Waals surface area contributed by atoms with Gasteiger partial charge in [0.2, 0.25) is 0 Å². The van der Waals surface area contributed by atoms with E-state index in [0.29, 0.717) is 12.8 Å². The molecule has 0 aromatic carbocycles. The molecule has 0 aliphatic carbocycles. The second kappa shape index (κ2) is 43.4. The lowest BCUT2D eigenvalue weighted by Gasteiger charge is -2.19. The Morgan fingerprint density at radius 1 is 0.482 bits per heavy atom. The molecule has 0 aliphatic rings. The van der Waals surface area contributed by atoms with Crippen molar-refractivity contribution in [3.8, 4) is 0 Å². The molecular weight excluding hydrogens is 723 g/mol. The molecule has 0 aromatic heterocycles. The van der Waals surface area contributed by atoms with Crippen molar-refractivity contribution in [2.45, 2.75) is 258 Å². The van der Waals surface area contributed by atoms with Crippen molar-refractivity contribution >= 4 is 19.8 Å². The second-order valence-electron chi connectivity index (χ2n) is 16.3. The van der Waals surface area contributed by atoms with Gasteiger partial charge in [-0.25, -0.2) is 4.57 Å². The lowest BCUT2D eigenvalue weighted by atomic mass is 10.0. The van der Waals surface area contributed by atoms with Crippen LogP contribution in [0.5, 0.6) is 0 Å². The van der Waals surface area contributed by atoms with E-state index in [1.54, 1.807) is 0 Å². The van der Waals surface area contributed by atoms with Crippen LogP contribution < -0.4 is 0 Å². The highest BCUT2D eigenvalue weighted by atomic mass is 31.2. The molecule has 0 aromatic rings. The van der Waals surface area contributed by atoms with E-state index in [9.17, 15) is 19.0 Å². The summed E-state index contributed by atoms with van der Waals surface area (Å²) in [6.45, 7) is 3.92. The average molecular weight is 815 g/mol. The number of allylic oxidation sites excluding steroid dienone is 2. The van der Waals surface area contributed by atoms with Gasteiger partial charge in [0.15, 0.2) is 6.10 Å².